The zero-order valence-corrected chi connectivity index (χ0v) is 17.8. The number of alkyl halides is 3. The molecule has 5 nitrogen and oxygen atoms in total. The molecule has 0 spiro atoms. The summed E-state index contributed by atoms with van der Waals surface area (Å²) >= 11 is 0. The van der Waals surface area contributed by atoms with Gasteiger partial charge in [0.15, 0.2) is 0 Å². The van der Waals surface area contributed by atoms with E-state index in [0.29, 0.717) is 23.7 Å². The summed E-state index contributed by atoms with van der Waals surface area (Å²) in [7, 11) is 0. The van der Waals surface area contributed by atoms with Crippen molar-refractivity contribution in [2.75, 3.05) is 17.2 Å². The largest absolute Gasteiger partial charge is 0.494 e. The molecule has 0 bridgehead atoms. The second-order valence-electron chi connectivity index (χ2n) is 7.99. The van der Waals surface area contributed by atoms with Gasteiger partial charge in [-0.15, -0.1) is 0 Å². The number of benzene rings is 2. The molecule has 0 fully saturated rings. The van der Waals surface area contributed by atoms with Gasteiger partial charge < -0.3 is 15.4 Å². The van der Waals surface area contributed by atoms with Gasteiger partial charge in [0, 0.05) is 17.6 Å². The summed E-state index contributed by atoms with van der Waals surface area (Å²) in [6.45, 7) is 8.67. The average Bonchev–Trinajstić information content (AvgIpc) is 2.69. The molecule has 0 atom stereocenters. The molecule has 8 heteroatoms. The third kappa shape index (κ3) is 5.87. The Morgan fingerprint density at radius 1 is 0.871 bits per heavy atom. The predicted octanol–water partition coefficient (Wildman–Crippen LogP) is 6.68. The number of aromatic nitrogens is 2. The smallest absolute Gasteiger partial charge is 0.421 e. The third-order valence-electron chi connectivity index (χ3n) is 4.53. The van der Waals surface area contributed by atoms with Gasteiger partial charge in [0.1, 0.15) is 17.1 Å². The van der Waals surface area contributed by atoms with E-state index in [4.69, 9.17) is 4.74 Å². The summed E-state index contributed by atoms with van der Waals surface area (Å²) in [5, 5.41) is 5.70. The number of nitrogens with one attached hydrogen (secondary N) is 2. The van der Waals surface area contributed by atoms with Crippen molar-refractivity contribution in [3.8, 4) is 5.75 Å². The number of nitrogens with zero attached hydrogens (tertiary/aromatic N) is 2. The van der Waals surface area contributed by atoms with Crippen LogP contribution in [0.5, 0.6) is 5.75 Å². The van der Waals surface area contributed by atoms with Crippen molar-refractivity contribution in [2.45, 2.75) is 39.3 Å². The fourth-order valence-corrected chi connectivity index (χ4v) is 2.87. The van der Waals surface area contributed by atoms with E-state index in [9.17, 15) is 13.2 Å². The molecular formula is C23H25F3N4O. The van der Waals surface area contributed by atoms with Crippen molar-refractivity contribution in [1.82, 2.24) is 9.97 Å². The van der Waals surface area contributed by atoms with Gasteiger partial charge in [0.05, 0.1) is 6.61 Å². The van der Waals surface area contributed by atoms with E-state index < -0.39 is 11.7 Å². The summed E-state index contributed by atoms with van der Waals surface area (Å²) in [6, 6.07) is 14.2. The highest BCUT2D eigenvalue weighted by atomic mass is 19.4. The van der Waals surface area contributed by atoms with E-state index in [2.05, 4.69) is 41.4 Å². The second-order valence-corrected chi connectivity index (χ2v) is 7.99. The maximum Gasteiger partial charge on any atom is 0.421 e. The highest BCUT2D eigenvalue weighted by molar-refractivity contribution is 5.63. The van der Waals surface area contributed by atoms with Crippen molar-refractivity contribution >= 4 is 23.1 Å². The Morgan fingerprint density at radius 3 is 2.00 bits per heavy atom. The maximum atomic E-state index is 13.5. The summed E-state index contributed by atoms with van der Waals surface area (Å²) in [6.07, 6.45) is -3.82. The molecule has 1 heterocycles. The monoisotopic (exact) mass is 430 g/mol. The van der Waals surface area contributed by atoms with E-state index in [1.165, 1.54) is 0 Å². The minimum atomic E-state index is -4.60. The summed E-state index contributed by atoms with van der Waals surface area (Å²) in [4.78, 5) is 7.93. The van der Waals surface area contributed by atoms with Gasteiger partial charge in [-0.1, -0.05) is 32.9 Å². The van der Waals surface area contributed by atoms with Crippen molar-refractivity contribution in [2.24, 2.45) is 0 Å². The zero-order valence-electron chi connectivity index (χ0n) is 17.8. The number of halogens is 3. The van der Waals surface area contributed by atoms with Crippen molar-refractivity contribution in [1.29, 1.82) is 0 Å². The minimum absolute atomic E-state index is 0.00179. The van der Waals surface area contributed by atoms with Crippen molar-refractivity contribution in [3.05, 3.63) is 65.9 Å². The summed E-state index contributed by atoms with van der Waals surface area (Å²) in [5.41, 5.74) is 1.32. The molecule has 0 aliphatic heterocycles. The topological polar surface area (TPSA) is 59.1 Å². The Bertz CT molecular complexity index is 1010. The van der Waals surface area contributed by atoms with Crippen LogP contribution >= 0.6 is 0 Å². The first-order chi connectivity index (χ1) is 14.6. The lowest BCUT2D eigenvalue weighted by atomic mass is 9.87. The first-order valence-corrected chi connectivity index (χ1v) is 9.88. The Labute approximate surface area is 179 Å². The van der Waals surface area contributed by atoms with Crippen LogP contribution in [-0.2, 0) is 11.6 Å². The van der Waals surface area contributed by atoms with E-state index in [1.807, 2.05) is 31.2 Å². The Balaban J connectivity index is 1.86. The lowest BCUT2D eigenvalue weighted by Gasteiger charge is -2.19. The van der Waals surface area contributed by atoms with Crippen LogP contribution < -0.4 is 15.4 Å². The van der Waals surface area contributed by atoms with Crippen LogP contribution in [0, 0.1) is 0 Å². The molecular weight excluding hydrogens is 405 g/mol. The highest BCUT2D eigenvalue weighted by Crippen LogP contribution is 2.35. The molecule has 2 N–H and O–H groups in total. The Kier molecular flexibility index (Phi) is 6.38. The van der Waals surface area contributed by atoms with Crippen LogP contribution in [0.2, 0.25) is 0 Å². The molecule has 0 aliphatic carbocycles. The van der Waals surface area contributed by atoms with Crippen LogP contribution in [-0.4, -0.2) is 16.6 Å². The Morgan fingerprint density at radius 2 is 1.45 bits per heavy atom. The normalized spacial score (nSPS) is 11.8. The second kappa shape index (κ2) is 8.83. The number of ether oxygens (including phenoxy) is 1. The van der Waals surface area contributed by atoms with E-state index in [0.717, 1.165) is 11.8 Å². The maximum absolute atomic E-state index is 13.5. The molecule has 0 radical (unpaired) electrons. The van der Waals surface area contributed by atoms with Gasteiger partial charge >= 0.3 is 6.18 Å². The molecule has 0 aliphatic rings. The summed E-state index contributed by atoms with van der Waals surface area (Å²) < 4.78 is 45.8. The molecule has 0 amide bonds. The molecule has 3 rings (SSSR count). The molecule has 0 saturated heterocycles. The Hall–Kier alpha value is -3.29. The van der Waals surface area contributed by atoms with E-state index in [1.54, 1.807) is 24.3 Å². The minimum Gasteiger partial charge on any atom is -0.494 e. The number of hydrogen-bond acceptors (Lipinski definition) is 5. The fraction of sp³-hybridized carbons (Fsp3) is 0.304. The average molecular weight is 430 g/mol. The lowest BCUT2D eigenvalue weighted by Crippen LogP contribution is -2.13. The van der Waals surface area contributed by atoms with Gasteiger partial charge in [-0.25, -0.2) is 4.98 Å². The van der Waals surface area contributed by atoms with Gasteiger partial charge in [-0.05, 0) is 54.3 Å². The molecule has 1 aromatic heterocycles. The van der Waals surface area contributed by atoms with Gasteiger partial charge in [-0.2, -0.15) is 18.2 Å². The first-order valence-electron chi connectivity index (χ1n) is 9.88. The first kappa shape index (κ1) is 22.4. The van der Waals surface area contributed by atoms with Gasteiger partial charge in [0.2, 0.25) is 5.95 Å². The SMILES string of the molecule is CCOc1ccc(Nc2nc(Nc3ccc(C(C)(C)C)cc3)ncc2C(F)(F)F)cc1. The van der Waals surface area contributed by atoms with Gasteiger partial charge in [0.25, 0.3) is 0 Å². The lowest BCUT2D eigenvalue weighted by molar-refractivity contribution is -0.137. The molecule has 31 heavy (non-hydrogen) atoms. The molecule has 0 saturated carbocycles. The molecule has 2 aromatic carbocycles. The molecule has 0 unspecified atom stereocenters. The fourth-order valence-electron chi connectivity index (χ4n) is 2.87. The van der Waals surface area contributed by atoms with Gasteiger partial charge in [-0.3, -0.25) is 0 Å². The number of anilines is 4. The number of hydrogen-bond donors (Lipinski definition) is 2. The van der Waals surface area contributed by atoms with Crippen molar-refractivity contribution < 1.29 is 17.9 Å². The van der Waals surface area contributed by atoms with Crippen LogP contribution in [0.15, 0.2) is 54.7 Å². The van der Waals surface area contributed by atoms with E-state index in [-0.39, 0.29) is 17.2 Å². The predicted molar refractivity (Wildman–Crippen MR) is 116 cm³/mol. The quantitative estimate of drug-likeness (QED) is 0.457. The standard InChI is InChI=1S/C23H25F3N4O/c1-5-31-18-12-10-16(11-13-18)28-20-19(23(24,25)26)14-27-21(30-20)29-17-8-6-15(7-9-17)22(2,3)4/h6-14H,5H2,1-4H3,(H2,27,28,29,30). The molecule has 164 valence electrons. The van der Waals surface area contributed by atoms with Crippen LogP contribution in [0.4, 0.5) is 36.3 Å². The molecule has 3 aromatic rings. The number of rotatable bonds is 6. The van der Waals surface area contributed by atoms with Crippen LogP contribution in [0.25, 0.3) is 0 Å². The summed E-state index contributed by atoms with van der Waals surface area (Å²) in [5.74, 6) is 0.359. The van der Waals surface area contributed by atoms with Crippen LogP contribution in [0.1, 0.15) is 38.8 Å². The third-order valence-corrected chi connectivity index (χ3v) is 4.53. The van der Waals surface area contributed by atoms with Crippen molar-refractivity contribution in [3.63, 3.8) is 0 Å². The zero-order chi connectivity index (χ0) is 22.6. The highest BCUT2D eigenvalue weighted by Gasteiger charge is 2.35. The van der Waals surface area contributed by atoms with E-state index >= 15 is 0 Å². The van der Waals surface area contributed by atoms with Crippen LogP contribution in [0.3, 0.4) is 0 Å².